The van der Waals surface area contributed by atoms with Crippen molar-refractivity contribution in [2.75, 3.05) is 7.11 Å². The van der Waals surface area contributed by atoms with Crippen molar-refractivity contribution in [3.63, 3.8) is 0 Å². The van der Waals surface area contributed by atoms with E-state index in [9.17, 15) is 0 Å². The van der Waals surface area contributed by atoms with E-state index in [2.05, 4.69) is 0 Å². The van der Waals surface area contributed by atoms with Crippen LogP contribution in [0.25, 0.3) is 0 Å². The molecule has 1 nitrogen and oxygen atoms in total. The van der Waals surface area contributed by atoms with Crippen LogP contribution in [0.5, 0.6) is 0 Å². The van der Waals surface area contributed by atoms with Crippen molar-refractivity contribution in [3.05, 3.63) is 0 Å². The molecule has 0 atom stereocenters. The van der Waals surface area contributed by atoms with Gasteiger partial charge in [-0.3, -0.25) is 0 Å². The first-order valence-electron chi connectivity index (χ1n) is 0.447. The summed E-state index contributed by atoms with van der Waals surface area (Å²) in [5, 5.41) is 7.00. The van der Waals surface area contributed by atoms with Gasteiger partial charge in [-0.2, -0.15) is 0 Å². The normalized spacial score (nSPS) is 0.857. The van der Waals surface area contributed by atoms with E-state index < -0.39 is 0 Å². The Labute approximate surface area is 123 Å². The van der Waals surface area contributed by atoms with E-state index in [1.807, 2.05) is 0 Å². The fourth-order valence-corrected chi connectivity index (χ4v) is 0. The Balaban J connectivity index is -0.000000000500. The van der Waals surface area contributed by atoms with E-state index in [0.29, 0.717) is 0 Å². The van der Waals surface area contributed by atoms with Gasteiger partial charge in [0.1, 0.15) is 0 Å². The molecule has 0 spiro atoms. The van der Waals surface area contributed by atoms with Crippen LogP contribution < -0.4 is 114 Å². The molecule has 0 amide bonds. The molecule has 0 fully saturated rings. The van der Waals surface area contributed by atoms with Gasteiger partial charge >= 0.3 is 89.1 Å². The summed E-state index contributed by atoms with van der Waals surface area (Å²) in [5.74, 6) is 0. The van der Waals surface area contributed by atoms with Gasteiger partial charge in [0.05, 0.1) is 0 Å². The Morgan fingerprint density at radius 2 is 0.857 bits per heavy atom. The van der Waals surface area contributed by atoms with E-state index in [-0.39, 0.29) is 114 Å². The van der Waals surface area contributed by atoms with Crippen molar-refractivity contribution < 1.29 is 119 Å². The van der Waals surface area contributed by atoms with Gasteiger partial charge in [-0.05, 0) is 0 Å². The van der Waals surface area contributed by atoms with Crippen molar-refractivity contribution in [1.29, 1.82) is 0 Å². The second-order valence-electron chi connectivity index (χ2n) is 0. The molecular formula is CH4Cl2KLi2O+. The van der Waals surface area contributed by atoms with Gasteiger partial charge in [0.25, 0.3) is 0 Å². The van der Waals surface area contributed by atoms with Crippen LogP contribution in [-0.2, 0) is 0 Å². The van der Waals surface area contributed by atoms with E-state index in [1.54, 1.807) is 0 Å². The molecule has 0 aliphatic heterocycles. The molecule has 7 heavy (non-hydrogen) atoms. The number of aliphatic hydroxyl groups is 1. The van der Waals surface area contributed by atoms with Gasteiger partial charge in [-0.15, -0.1) is 0 Å². The predicted molar refractivity (Wildman–Crippen MR) is 8.14 cm³/mol. The van der Waals surface area contributed by atoms with Crippen LogP contribution >= 0.6 is 0 Å². The first-order chi connectivity index (χ1) is 1.00. The molecule has 0 unspecified atom stereocenters. The SMILES string of the molecule is CO.[Cl-].[Cl-].[K+].[Li+].[Li+]. The average Bonchev–Trinajstić information content (AvgIpc) is 1.00. The molecule has 0 aromatic carbocycles. The molecule has 1 N–H and O–H groups in total. The third-order valence-electron chi connectivity index (χ3n) is 0. The number of halogens is 2. The number of aliphatic hydroxyl groups excluding tert-OH is 1. The largest absolute Gasteiger partial charge is 1.00 e. The van der Waals surface area contributed by atoms with E-state index >= 15 is 0 Å². The van der Waals surface area contributed by atoms with Crippen LogP contribution in [0.3, 0.4) is 0 Å². The summed E-state index contributed by atoms with van der Waals surface area (Å²) in [6.45, 7) is 0. The zero-order valence-corrected chi connectivity index (χ0v) is 9.84. The van der Waals surface area contributed by atoms with Crippen LogP contribution in [0.1, 0.15) is 0 Å². The van der Waals surface area contributed by atoms with Crippen molar-refractivity contribution in [2.24, 2.45) is 0 Å². The third kappa shape index (κ3) is 44.8. The zero-order chi connectivity index (χ0) is 2.00. The van der Waals surface area contributed by atoms with Crippen LogP contribution in [0.4, 0.5) is 0 Å². The molecule has 0 radical (unpaired) electrons. The quantitative estimate of drug-likeness (QED) is 0.345. The molecule has 0 aromatic heterocycles. The maximum atomic E-state index is 7.00. The molecule has 30 valence electrons. The summed E-state index contributed by atoms with van der Waals surface area (Å²) in [7, 11) is 1.00. The van der Waals surface area contributed by atoms with Crippen molar-refractivity contribution >= 4 is 0 Å². The Hall–Kier alpha value is 3.37. The molecule has 0 heterocycles. The number of rotatable bonds is 0. The summed E-state index contributed by atoms with van der Waals surface area (Å²) >= 11 is 0. The van der Waals surface area contributed by atoms with Gasteiger partial charge in [0.15, 0.2) is 0 Å². The van der Waals surface area contributed by atoms with Crippen molar-refractivity contribution in [3.8, 4) is 0 Å². The first-order valence-corrected chi connectivity index (χ1v) is 0.447. The second-order valence-corrected chi connectivity index (χ2v) is 0. The Morgan fingerprint density at radius 3 is 0.857 bits per heavy atom. The van der Waals surface area contributed by atoms with Crippen molar-refractivity contribution in [2.45, 2.75) is 0 Å². The molecule has 0 saturated heterocycles. The van der Waals surface area contributed by atoms with E-state index in [1.165, 1.54) is 0 Å². The third-order valence-corrected chi connectivity index (χ3v) is 0. The molecule has 0 aromatic rings. The molecule has 0 aliphatic rings. The van der Waals surface area contributed by atoms with E-state index in [4.69, 9.17) is 5.11 Å². The minimum Gasteiger partial charge on any atom is -1.00 e. The molecule has 0 bridgehead atoms. The van der Waals surface area contributed by atoms with Gasteiger partial charge in [-0.1, -0.05) is 0 Å². The van der Waals surface area contributed by atoms with Gasteiger partial charge in [0.2, 0.25) is 0 Å². The zero-order valence-electron chi connectivity index (χ0n) is 5.20. The van der Waals surface area contributed by atoms with Gasteiger partial charge < -0.3 is 29.9 Å². The number of hydrogen-bond acceptors (Lipinski definition) is 1. The second kappa shape index (κ2) is 57.8. The summed E-state index contributed by atoms with van der Waals surface area (Å²) in [6.07, 6.45) is 0. The summed E-state index contributed by atoms with van der Waals surface area (Å²) < 4.78 is 0. The first kappa shape index (κ1) is 47.7. The average molecular weight is 156 g/mol. The van der Waals surface area contributed by atoms with Crippen LogP contribution in [0.15, 0.2) is 0 Å². The fraction of sp³-hybridized carbons (Fsp3) is 1.00. The minimum atomic E-state index is 0. The Bertz CT molecular complexity index is 15.7. The standard InChI is InChI=1S/CH4O.2ClH.K.2Li/c1-2;;;;;/h2H,1H3;2*1H;;;/q;;;3*+1/p-2. The summed E-state index contributed by atoms with van der Waals surface area (Å²) in [5.41, 5.74) is 0. The van der Waals surface area contributed by atoms with Crippen LogP contribution in [0.2, 0.25) is 0 Å². The Kier molecular flexibility index (Phi) is 393. The van der Waals surface area contributed by atoms with Crippen molar-refractivity contribution in [1.82, 2.24) is 0 Å². The van der Waals surface area contributed by atoms with Gasteiger partial charge in [-0.25, -0.2) is 0 Å². The predicted octanol–water partition coefficient (Wildman–Crippen LogP) is -15.4. The van der Waals surface area contributed by atoms with Crippen LogP contribution in [0, 0.1) is 0 Å². The smallest absolute Gasteiger partial charge is 1.00 e. The fourth-order valence-electron chi connectivity index (χ4n) is 0. The summed E-state index contributed by atoms with van der Waals surface area (Å²) in [4.78, 5) is 0. The molecular weight excluding hydrogens is 152 g/mol. The minimum absolute atomic E-state index is 0. The molecule has 0 aliphatic carbocycles. The topological polar surface area (TPSA) is 20.2 Å². The molecule has 6 heteroatoms. The maximum Gasteiger partial charge on any atom is 1.00 e. The maximum absolute atomic E-state index is 7.00. The van der Waals surface area contributed by atoms with Crippen LogP contribution in [-0.4, -0.2) is 12.2 Å². The van der Waals surface area contributed by atoms with E-state index in [0.717, 1.165) is 7.11 Å². The summed E-state index contributed by atoms with van der Waals surface area (Å²) in [6, 6.07) is 0. The molecule has 0 saturated carbocycles. The monoisotopic (exact) mass is 155 g/mol. The number of hydrogen-bond donors (Lipinski definition) is 1. The molecule has 0 rings (SSSR count). The van der Waals surface area contributed by atoms with Gasteiger partial charge in [0, 0.05) is 7.11 Å². The Morgan fingerprint density at radius 1 is 0.857 bits per heavy atom.